The third-order valence-electron chi connectivity index (χ3n) is 5.41. The van der Waals surface area contributed by atoms with Gasteiger partial charge < -0.3 is 19.8 Å². The van der Waals surface area contributed by atoms with E-state index in [2.05, 4.69) is 15.0 Å². The number of methoxy groups -OCH3 is 1. The molecule has 2 N–H and O–H groups in total. The van der Waals surface area contributed by atoms with Crippen molar-refractivity contribution in [2.24, 2.45) is 0 Å². The van der Waals surface area contributed by atoms with E-state index >= 15 is 0 Å². The molecule has 10 heteroatoms. The standard InChI is InChI=1S/C25H21F2N3O5/c1-3-30-23(32)18-10-6-15(12-20(18)29-25(30)33)22(31)28-16-7-11-21(35-24(26)27)19(13-16)14-4-8-17(34-2)9-5-14/h4-13,24H,3H2,1-2H3,(H,28,31)(H,29,33). The van der Waals surface area contributed by atoms with Gasteiger partial charge in [-0.15, -0.1) is 0 Å². The number of hydrogen-bond acceptors (Lipinski definition) is 5. The van der Waals surface area contributed by atoms with Crippen LogP contribution in [0.2, 0.25) is 0 Å². The van der Waals surface area contributed by atoms with Crippen LogP contribution in [-0.2, 0) is 6.54 Å². The van der Waals surface area contributed by atoms with Gasteiger partial charge in [-0.05, 0) is 61.0 Å². The molecule has 0 aliphatic heterocycles. The number of aromatic nitrogens is 2. The molecule has 4 rings (SSSR count). The van der Waals surface area contributed by atoms with Gasteiger partial charge in [0.25, 0.3) is 11.5 Å². The van der Waals surface area contributed by atoms with Crippen LogP contribution >= 0.6 is 0 Å². The van der Waals surface area contributed by atoms with Crippen molar-refractivity contribution < 1.29 is 23.0 Å². The van der Waals surface area contributed by atoms with Crippen LogP contribution in [0.15, 0.2) is 70.3 Å². The van der Waals surface area contributed by atoms with Gasteiger partial charge in [-0.1, -0.05) is 12.1 Å². The third kappa shape index (κ3) is 4.91. The van der Waals surface area contributed by atoms with Crippen LogP contribution in [0.5, 0.6) is 11.5 Å². The summed E-state index contributed by atoms with van der Waals surface area (Å²) < 4.78 is 36.7. The molecule has 0 aliphatic rings. The lowest BCUT2D eigenvalue weighted by Crippen LogP contribution is -2.34. The highest BCUT2D eigenvalue weighted by atomic mass is 19.3. The SMILES string of the molecule is CCn1c(=O)[nH]c2cc(C(=O)Nc3ccc(OC(F)F)c(-c4ccc(OC)cc4)c3)ccc2c1=O. The van der Waals surface area contributed by atoms with E-state index in [4.69, 9.17) is 4.74 Å². The van der Waals surface area contributed by atoms with Gasteiger partial charge in [0, 0.05) is 23.4 Å². The number of anilines is 1. The van der Waals surface area contributed by atoms with Gasteiger partial charge in [-0.2, -0.15) is 8.78 Å². The number of halogens is 2. The molecule has 35 heavy (non-hydrogen) atoms. The summed E-state index contributed by atoms with van der Waals surface area (Å²) in [5.41, 5.74) is 0.662. The summed E-state index contributed by atoms with van der Waals surface area (Å²) in [6, 6.07) is 15.4. The maximum atomic E-state index is 12.9. The Morgan fingerprint density at radius 3 is 2.46 bits per heavy atom. The Hall–Kier alpha value is -4.47. The number of ether oxygens (including phenoxy) is 2. The van der Waals surface area contributed by atoms with Gasteiger partial charge in [-0.3, -0.25) is 14.2 Å². The van der Waals surface area contributed by atoms with E-state index in [1.54, 1.807) is 31.2 Å². The molecule has 0 saturated carbocycles. The number of nitrogens with zero attached hydrogens (tertiary/aromatic N) is 1. The van der Waals surface area contributed by atoms with Crippen LogP contribution in [0.4, 0.5) is 14.5 Å². The molecule has 0 atom stereocenters. The van der Waals surface area contributed by atoms with Gasteiger partial charge in [0.15, 0.2) is 0 Å². The van der Waals surface area contributed by atoms with Gasteiger partial charge in [0.05, 0.1) is 18.0 Å². The molecule has 0 fully saturated rings. The highest BCUT2D eigenvalue weighted by molar-refractivity contribution is 6.06. The van der Waals surface area contributed by atoms with E-state index in [9.17, 15) is 23.2 Å². The van der Waals surface area contributed by atoms with Crippen LogP contribution in [0, 0.1) is 0 Å². The van der Waals surface area contributed by atoms with Crippen LogP contribution in [0.3, 0.4) is 0 Å². The molecule has 0 bridgehead atoms. The maximum absolute atomic E-state index is 12.9. The highest BCUT2D eigenvalue weighted by Gasteiger charge is 2.15. The number of nitrogens with one attached hydrogen (secondary N) is 2. The van der Waals surface area contributed by atoms with Crippen LogP contribution in [0.1, 0.15) is 17.3 Å². The first-order valence-electron chi connectivity index (χ1n) is 10.6. The van der Waals surface area contributed by atoms with Crippen molar-refractivity contribution in [3.63, 3.8) is 0 Å². The minimum Gasteiger partial charge on any atom is -0.497 e. The smallest absolute Gasteiger partial charge is 0.387 e. The molecule has 1 heterocycles. The summed E-state index contributed by atoms with van der Waals surface area (Å²) in [6.45, 7) is -1.12. The molecule has 0 spiro atoms. The number of H-pyrrole nitrogens is 1. The Morgan fingerprint density at radius 1 is 1.06 bits per heavy atom. The molecule has 0 radical (unpaired) electrons. The molecular weight excluding hydrogens is 460 g/mol. The molecule has 0 aliphatic carbocycles. The highest BCUT2D eigenvalue weighted by Crippen LogP contribution is 2.34. The molecule has 3 aromatic carbocycles. The molecule has 4 aromatic rings. The summed E-state index contributed by atoms with van der Waals surface area (Å²) >= 11 is 0. The number of hydrogen-bond donors (Lipinski definition) is 2. The predicted octanol–water partition coefficient (Wildman–Crippen LogP) is 4.24. The van der Waals surface area contributed by atoms with Gasteiger partial charge in [0.1, 0.15) is 11.5 Å². The lowest BCUT2D eigenvalue weighted by molar-refractivity contribution is -0.0494. The van der Waals surface area contributed by atoms with E-state index in [0.29, 0.717) is 22.6 Å². The second kappa shape index (κ2) is 9.80. The van der Waals surface area contributed by atoms with E-state index in [-0.39, 0.29) is 28.8 Å². The van der Waals surface area contributed by atoms with E-state index in [1.807, 2.05) is 0 Å². The number of rotatable bonds is 7. The first kappa shape index (κ1) is 23.7. The predicted molar refractivity (Wildman–Crippen MR) is 128 cm³/mol. The number of alkyl halides is 2. The quantitative estimate of drug-likeness (QED) is 0.411. The number of aromatic amines is 1. The fraction of sp³-hybridized carbons (Fsp3) is 0.160. The number of fused-ring (bicyclic) bond motifs is 1. The number of amides is 1. The minimum atomic E-state index is -3.02. The normalized spacial score (nSPS) is 11.0. The Morgan fingerprint density at radius 2 is 1.80 bits per heavy atom. The average Bonchev–Trinajstić information content (AvgIpc) is 2.84. The molecule has 8 nitrogen and oxygen atoms in total. The second-order valence-electron chi connectivity index (χ2n) is 7.51. The monoisotopic (exact) mass is 481 g/mol. The first-order valence-corrected chi connectivity index (χ1v) is 10.6. The van der Waals surface area contributed by atoms with Crippen LogP contribution in [-0.4, -0.2) is 29.2 Å². The first-order chi connectivity index (χ1) is 16.8. The third-order valence-corrected chi connectivity index (χ3v) is 5.41. The van der Waals surface area contributed by atoms with Crippen molar-refractivity contribution in [2.75, 3.05) is 12.4 Å². The van der Waals surface area contributed by atoms with Crippen molar-refractivity contribution in [3.8, 4) is 22.6 Å². The van der Waals surface area contributed by atoms with Crippen molar-refractivity contribution >= 4 is 22.5 Å². The lowest BCUT2D eigenvalue weighted by Gasteiger charge is -2.14. The number of benzene rings is 3. The number of carbonyl (C=O) groups excluding carboxylic acids is 1. The Balaban J connectivity index is 1.67. The molecule has 180 valence electrons. The van der Waals surface area contributed by atoms with Crippen LogP contribution in [0.25, 0.3) is 22.0 Å². The van der Waals surface area contributed by atoms with Gasteiger partial charge in [-0.25, -0.2) is 4.79 Å². The molecule has 1 aromatic heterocycles. The average molecular weight is 481 g/mol. The van der Waals surface area contributed by atoms with Crippen molar-refractivity contribution in [1.82, 2.24) is 9.55 Å². The largest absolute Gasteiger partial charge is 0.497 e. The summed E-state index contributed by atoms with van der Waals surface area (Å²) in [4.78, 5) is 40.0. The maximum Gasteiger partial charge on any atom is 0.387 e. The molecule has 0 unspecified atom stereocenters. The van der Waals surface area contributed by atoms with Crippen molar-refractivity contribution in [2.45, 2.75) is 20.1 Å². The van der Waals surface area contributed by atoms with Crippen molar-refractivity contribution in [1.29, 1.82) is 0 Å². The van der Waals surface area contributed by atoms with E-state index in [0.717, 1.165) is 4.57 Å². The van der Waals surface area contributed by atoms with Crippen molar-refractivity contribution in [3.05, 3.63) is 87.1 Å². The van der Waals surface area contributed by atoms with Crippen LogP contribution < -0.4 is 26.0 Å². The zero-order chi connectivity index (χ0) is 25.1. The minimum absolute atomic E-state index is 0.0568. The summed E-state index contributed by atoms with van der Waals surface area (Å²) in [7, 11) is 1.51. The van der Waals surface area contributed by atoms with E-state index < -0.39 is 23.8 Å². The second-order valence-corrected chi connectivity index (χ2v) is 7.51. The van der Waals surface area contributed by atoms with Gasteiger partial charge in [0.2, 0.25) is 0 Å². The molecule has 0 saturated heterocycles. The zero-order valence-electron chi connectivity index (χ0n) is 18.8. The number of carbonyl (C=O) groups is 1. The Kier molecular flexibility index (Phi) is 6.63. The summed E-state index contributed by atoms with van der Waals surface area (Å²) in [6.07, 6.45) is 0. The fourth-order valence-electron chi connectivity index (χ4n) is 3.69. The topological polar surface area (TPSA) is 102 Å². The van der Waals surface area contributed by atoms with Gasteiger partial charge >= 0.3 is 12.3 Å². The molecule has 1 amide bonds. The summed E-state index contributed by atoms with van der Waals surface area (Å²) in [5, 5.41) is 2.98. The Bertz CT molecular complexity index is 1510. The zero-order valence-corrected chi connectivity index (χ0v) is 18.8. The molecular formula is C25H21F2N3O5. The Labute approximate surface area is 197 Å². The fourth-order valence-corrected chi connectivity index (χ4v) is 3.69. The van der Waals surface area contributed by atoms with E-state index in [1.165, 1.54) is 43.5 Å². The summed E-state index contributed by atoms with van der Waals surface area (Å²) in [5.74, 6) is 0.0175. The lowest BCUT2D eigenvalue weighted by atomic mass is 10.0.